The Hall–Kier alpha value is -3.30. The molecular formula is C26H31N5O. The zero-order valence-corrected chi connectivity index (χ0v) is 18.8. The number of anilines is 1. The molecule has 0 spiro atoms. The Balaban J connectivity index is 1.73. The summed E-state index contributed by atoms with van der Waals surface area (Å²) < 4.78 is 6.45. The van der Waals surface area contributed by atoms with Crippen LogP contribution in [0, 0.1) is 16.7 Å². The van der Waals surface area contributed by atoms with Gasteiger partial charge in [-0.1, -0.05) is 0 Å². The minimum Gasteiger partial charge on any atom is -0.456 e. The number of rotatable bonds is 6. The highest BCUT2D eigenvalue weighted by Crippen LogP contribution is 2.42. The van der Waals surface area contributed by atoms with Crippen LogP contribution in [0.2, 0.25) is 0 Å². The van der Waals surface area contributed by atoms with Crippen LogP contribution in [0.15, 0.2) is 42.6 Å². The summed E-state index contributed by atoms with van der Waals surface area (Å²) in [6, 6.07) is 14.4. The Morgan fingerprint density at radius 2 is 1.94 bits per heavy atom. The van der Waals surface area contributed by atoms with Crippen molar-refractivity contribution >= 4 is 17.5 Å². The Labute approximate surface area is 190 Å². The van der Waals surface area contributed by atoms with E-state index in [1.165, 1.54) is 17.5 Å². The van der Waals surface area contributed by atoms with Crippen LogP contribution in [0.1, 0.15) is 42.9 Å². The lowest BCUT2D eigenvalue weighted by atomic mass is 9.92. The number of hydrogen-bond donors (Lipinski definition) is 3. The summed E-state index contributed by atoms with van der Waals surface area (Å²) in [5.41, 5.74) is 4.66. The van der Waals surface area contributed by atoms with Gasteiger partial charge in [0.2, 0.25) is 0 Å². The van der Waals surface area contributed by atoms with Gasteiger partial charge in [0, 0.05) is 53.9 Å². The van der Waals surface area contributed by atoms with E-state index in [-0.39, 0.29) is 0 Å². The van der Waals surface area contributed by atoms with E-state index in [9.17, 15) is 0 Å². The van der Waals surface area contributed by atoms with Crippen molar-refractivity contribution < 1.29 is 4.74 Å². The maximum atomic E-state index is 9.11. The summed E-state index contributed by atoms with van der Waals surface area (Å²) in [6.07, 6.45) is 7.48. The molecule has 6 heteroatoms. The number of fused-ring (bicyclic) bond motifs is 1. The third kappa shape index (κ3) is 4.63. The fourth-order valence-electron chi connectivity index (χ4n) is 4.43. The summed E-state index contributed by atoms with van der Waals surface area (Å²) in [6.45, 7) is 4.27. The molecule has 2 aromatic rings. The summed E-state index contributed by atoms with van der Waals surface area (Å²) in [4.78, 5) is 2.30. The quantitative estimate of drug-likeness (QED) is 0.591. The summed E-state index contributed by atoms with van der Waals surface area (Å²) >= 11 is 0. The van der Waals surface area contributed by atoms with E-state index in [1.54, 1.807) is 12.1 Å². The number of hydrogen-bond acceptors (Lipinski definition) is 6. The molecule has 0 aliphatic carbocycles. The van der Waals surface area contributed by atoms with Crippen LogP contribution < -0.4 is 20.3 Å². The summed E-state index contributed by atoms with van der Waals surface area (Å²) in [5, 5.41) is 24.1. The standard InChI is InChI=1S/C26H31N5O/c1-18-3-8-24-25(31(18)2)10-9-23(20(16-28)17-30-21-11-13-29-14-12-21)26(24)32-22-6-4-19(15-27)5-7-22/h4-7,9-10,16-18,21,28-30H,3,8,11-14H2,1-2H3/b20-17+,28-16?. The van der Waals surface area contributed by atoms with Crippen molar-refractivity contribution in [2.24, 2.45) is 0 Å². The van der Waals surface area contributed by atoms with Gasteiger partial charge in [-0.15, -0.1) is 0 Å². The van der Waals surface area contributed by atoms with Crippen molar-refractivity contribution in [3.8, 4) is 17.6 Å². The first-order valence-electron chi connectivity index (χ1n) is 11.3. The van der Waals surface area contributed by atoms with Gasteiger partial charge in [0.05, 0.1) is 11.6 Å². The molecule has 1 fully saturated rings. The fourth-order valence-corrected chi connectivity index (χ4v) is 4.43. The van der Waals surface area contributed by atoms with Crippen molar-refractivity contribution in [1.82, 2.24) is 10.6 Å². The average molecular weight is 430 g/mol. The molecule has 3 N–H and O–H groups in total. The highest BCUT2D eigenvalue weighted by Gasteiger charge is 2.26. The van der Waals surface area contributed by atoms with Gasteiger partial charge in [-0.25, -0.2) is 0 Å². The summed E-state index contributed by atoms with van der Waals surface area (Å²) in [7, 11) is 2.12. The largest absolute Gasteiger partial charge is 0.456 e. The van der Waals surface area contributed by atoms with Gasteiger partial charge >= 0.3 is 0 Å². The zero-order chi connectivity index (χ0) is 22.5. The number of nitriles is 1. The first-order chi connectivity index (χ1) is 15.6. The number of piperidine rings is 1. The van der Waals surface area contributed by atoms with Crippen LogP contribution in [-0.2, 0) is 6.42 Å². The normalized spacial score (nSPS) is 19.1. The maximum absolute atomic E-state index is 9.11. The molecule has 2 heterocycles. The van der Waals surface area contributed by atoms with E-state index in [0.717, 1.165) is 55.7 Å². The summed E-state index contributed by atoms with van der Waals surface area (Å²) in [5.74, 6) is 1.49. The van der Waals surface area contributed by atoms with Crippen LogP contribution in [0.4, 0.5) is 5.69 Å². The van der Waals surface area contributed by atoms with Crippen molar-refractivity contribution in [3.63, 3.8) is 0 Å². The zero-order valence-electron chi connectivity index (χ0n) is 18.8. The SMILES string of the molecule is CC1CCc2c(ccc(/C(C=N)=C/NC3CCNCC3)c2Oc2ccc(C#N)cc2)N1C. The molecule has 4 rings (SSSR count). The second-order valence-corrected chi connectivity index (χ2v) is 8.61. The van der Waals surface area contributed by atoms with Gasteiger partial charge < -0.3 is 25.7 Å². The molecule has 0 saturated carbocycles. The highest BCUT2D eigenvalue weighted by atomic mass is 16.5. The van der Waals surface area contributed by atoms with E-state index >= 15 is 0 Å². The van der Waals surface area contributed by atoms with E-state index in [4.69, 9.17) is 15.4 Å². The third-order valence-electron chi connectivity index (χ3n) is 6.57. The number of nitrogens with one attached hydrogen (secondary N) is 3. The van der Waals surface area contributed by atoms with Crippen molar-refractivity contribution in [2.45, 2.75) is 44.7 Å². The van der Waals surface area contributed by atoms with Gasteiger partial charge in [0.15, 0.2) is 0 Å². The van der Waals surface area contributed by atoms with E-state index < -0.39 is 0 Å². The van der Waals surface area contributed by atoms with Crippen LogP contribution in [0.5, 0.6) is 11.5 Å². The van der Waals surface area contributed by atoms with Gasteiger partial charge in [-0.2, -0.15) is 5.26 Å². The Bertz CT molecular complexity index is 1030. The molecule has 1 saturated heterocycles. The Morgan fingerprint density at radius 1 is 1.19 bits per heavy atom. The minimum absolute atomic E-state index is 0.415. The van der Waals surface area contributed by atoms with E-state index in [0.29, 0.717) is 23.4 Å². The predicted octanol–water partition coefficient (Wildman–Crippen LogP) is 4.45. The Kier molecular flexibility index (Phi) is 6.77. The first-order valence-corrected chi connectivity index (χ1v) is 11.3. The van der Waals surface area contributed by atoms with Crippen LogP contribution in [0.25, 0.3) is 5.57 Å². The monoisotopic (exact) mass is 429 g/mol. The molecule has 0 amide bonds. The van der Waals surface area contributed by atoms with Gasteiger partial charge in [-0.3, -0.25) is 0 Å². The smallest absolute Gasteiger partial charge is 0.140 e. The molecule has 2 aromatic carbocycles. The third-order valence-corrected chi connectivity index (χ3v) is 6.57. The predicted molar refractivity (Wildman–Crippen MR) is 130 cm³/mol. The molecule has 0 radical (unpaired) electrons. The topological polar surface area (TPSA) is 84.2 Å². The van der Waals surface area contributed by atoms with Crippen molar-refractivity contribution in [2.75, 3.05) is 25.0 Å². The number of benzene rings is 2. The molecule has 0 bridgehead atoms. The molecule has 2 aliphatic heterocycles. The molecule has 1 unspecified atom stereocenters. The molecule has 2 aliphatic rings. The molecule has 0 aromatic heterocycles. The second-order valence-electron chi connectivity index (χ2n) is 8.61. The minimum atomic E-state index is 0.415. The van der Waals surface area contributed by atoms with Crippen LogP contribution >= 0.6 is 0 Å². The van der Waals surface area contributed by atoms with Gasteiger partial charge in [-0.05, 0) is 82.1 Å². The molecule has 32 heavy (non-hydrogen) atoms. The number of ether oxygens (including phenoxy) is 1. The van der Waals surface area contributed by atoms with Gasteiger partial charge in [0.25, 0.3) is 0 Å². The van der Waals surface area contributed by atoms with Gasteiger partial charge in [0.1, 0.15) is 11.5 Å². The van der Waals surface area contributed by atoms with E-state index in [2.05, 4.69) is 47.7 Å². The lowest BCUT2D eigenvalue weighted by molar-refractivity contribution is 0.420. The van der Waals surface area contributed by atoms with Crippen LogP contribution in [-0.4, -0.2) is 38.4 Å². The molecular weight excluding hydrogens is 398 g/mol. The first kappa shape index (κ1) is 21.9. The highest BCUT2D eigenvalue weighted by molar-refractivity contribution is 6.09. The van der Waals surface area contributed by atoms with Crippen molar-refractivity contribution in [1.29, 1.82) is 10.7 Å². The number of allylic oxidation sites excluding steroid dienone is 1. The Morgan fingerprint density at radius 3 is 2.62 bits per heavy atom. The fraction of sp³-hybridized carbons (Fsp3) is 0.385. The lowest BCUT2D eigenvalue weighted by Gasteiger charge is -2.35. The number of nitrogens with zero attached hydrogens (tertiary/aromatic N) is 2. The van der Waals surface area contributed by atoms with Crippen molar-refractivity contribution in [3.05, 3.63) is 59.3 Å². The molecule has 166 valence electrons. The molecule has 6 nitrogen and oxygen atoms in total. The average Bonchev–Trinajstić information content (AvgIpc) is 2.84. The maximum Gasteiger partial charge on any atom is 0.140 e. The van der Waals surface area contributed by atoms with Crippen LogP contribution in [0.3, 0.4) is 0 Å². The van der Waals surface area contributed by atoms with E-state index in [1.807, 2.05) is 18.3 Å². The lowest BCUT2D eigenvalue weighted by Crippen LogP contribution is -2.37. The molecule has 1 atom stereocenters. The second kappa shape index (κ2) is 9.88.